The highest BCUT2D eigenvalue weighted by atomic mass is 16.5. The lowest BCUT2D eigenvalue weighted by Crippen LogP contribution is -2.21. The van der Waals surface area contributed by atoms with Gasteiger partial charge in [-0.2, -0.15) is 0 Å². The SMILES string of the molecule is CCCCOc1ccc(NC(=O)CNc2cccc(NC(=O)c3ccco3)c2)cc1. The van der Waals surface area contributed by atoms with Crippen LogP contribution < -0.4 is 20.7 Å². The molecule has 3 rings (SSSR count). The smallest absolute Gasteiger partial charge is 0.291 e. The fourth-order valence-electron chi connectivity index (χ4n) is 2.66. The molecule has 0 aliphatic rings. The number of unbranched alkanes of at least 4 members (excludes halogenated alkanes) is 1. The number of hydrogen-bond donors (Lipinski definition) is 3. The van der Waals surface area contributed by atoms with Crippen LogP contribution in [-0.4, -0.2) is 25.0 Å². The second-order valence-corrected chi connectivity index (χ2v) is 6.64. The van der Waals surface area contributed by atoms with Crippen molar-refractivity contribution in [2.24, 2.45) is 0 Å². The maximum absolute atomic E-state index is 12.2. The molecule has 0 radical (unpaired) electrons. The van der Waals surface area contributed by atoms with Gasteiger partial charge >= 0.3 is 0 Å². The summed E-state index contributed by atoms with van der Waals surface area (Å²) in [6.07, 6.45) is 3.54. The van der Waals surface area contributed by atoms with E-state index in [-0.39, 0.29) is 24.1 Å². The van der Waals surface area contributed by atoms with E-state index in [1.54, 1.807) is 30.3 Å². The van der Waals surface area contributed by atoms with Crippen molar-refractivity contribution >= 4 is 28.9 Å². The molecule has 3 N–H and O–H groups in total. The van der Waals surface area contributed by atoms with Gasteiger partial charge in [0.25, 0.3) is 5.91 Å². The summed E-state index contributed by atoms with van der Waals surface area (Å²) in [5, 5.41) is 8.63. The van der Waals surface area contributed by atoms with Crippen molar-refractivity contribution < 1.29 is 18.7 Å². The Morgan fingerprint density at radius 2 is 1.73 bits per heavy atom. The van der Waals surface area contributed by atoms with Crippen LogP contribution in [-0.2, 0) is 4.79 Å². The van der Waals surface area contributed by atoms with Gasteiger partial charge in [-0.15, -0.1) is 0 Å². The van der Waals surface area contributed by atoms with Crippen molar-refractivity contribution in [3.63, 3.8) is 0 Å². The molecule has 2 aromatic carbocycles. The van der Waals surface area contributed by atoms with Gasteiger partial charge in [0.15, 0.2) is 5.76 Å². The first-order chi connectivity index (χ1) is 14.6. The summed E-state index contributed by atoms with van der Waals surface area (Å²) in [5.41, 5.74) is 2.01. The normalized spacial score (nSPS) is 10.3. The molecule has 0 atom stereocenters. The highest BCUT2D eigenvalue weighted by molar-refractivity contribution is 6.02. The fraction of sp³-hybridized carbons (Fsp3) is 0.217. The largest absolute Gasteiger partial charge is 0.494 e. The third-order valence-electron chi connectivity index (χ3n) is 4.22. The van der Waals surface area contributed by atoms with E-state index in [1.807, 2.05) is 30.3 Å². The second kappa shape index (κ2) is 10.7. The molecule has 0 unspecified atom stereocenters. The number of nitrogens with one attached hydrogen (secondary N) is 3. The average Bonchev–Trinajstić information content (AvgIpc) is 3.29. The number of ether oxygens (including phenoxy) is 1. The fourth-order valence-corrected chi connectivity index (χ4v) is 2.66. The maximum Gasteiger partial charge on any atom is 0.291 e. The average molecular weight is 407 g/mol. The summed E-state index contributed by atoms with van der Waals surface area (Å²) in [6.45, 7) is 2.89. The van der Waals surface area contributed by atoms with Crippen LogP contribution in [0.25, 0.3) is 0 Å². The third kappa shape index (κ3) is 6.41. The van der Waals surface area contributed by atoms with Gasteiger partial charge in [0.05, 0.1) is 19.4 Å². The number of rotatable bonds is 10. The molecule has 0 fully saturated rings. The Bertz CT molecular complexity index is 953. The Labute approximate surface area is 175 Å². The van der Waals surface area contributed by atoms with Gasteiger partial charge in [0.2, 0.25) is 5.91 Å². The van der Waals surface area contributed by atoms with Crippen LogP contribution in [0, 0.1) is 0 Å². The van der Waals surface area contributed by atoms with Gasteiger partial charge < -0.3 is 25.1 Å². The molecule has 1 aromatic heterocycles. The highest BCUT2D eigenvalue weighted by Gasteiger charge is 2.09. The lowest BCUT2D eigenvalue weighted by Gasteiger charge is -2.10. The Kier molecular flexibility index (Phi) is 7.49. The molecule has 0 spiro atoms. The van der Waals surface area contributed by atoms with Gasteiger partial charge in [-0.25, -0.2) is 0 Å². The molecule has 3 aromatic rings. The Morgan fingerprint density at radius 3 is 2.47 bits per heavy atom. The molecule has 1 heterocycles. The second-order valence-electron chi connectivity index (χ2n) is 6.64. The number of amides is 2. The van der Waals surface area contributed by atoms with E-state index in [4.69, 9.17) is 9.15 Å². The van der Waals surface area contributed by atoms with Crippen molar-refractivity contribution in [1.29, 1.82) is 0 Å². The van der Waals surface area contributed by atoms with Crippen LogP contribution in [0.3, 0.4) is 0 Å². The number of benzene rings is 2. The van der Waals surface area contributed by atoms with Gasteiger partial charge in [0, 0.05) is 17.1 Å². The third-order valence-corrected chi connectivity index (χ3v) is 4.22. The van der Waals surface area contributed by atoms with Crippen LogP contribution >= 0.6 is 0 Å². The van der Waals surface area contributed by atoms with E-state index in [9.17, 15) is 9.59 Å². The number of furan rings is 1. The summed E-state index contributed by atoms with van der Waals surface area (Å²) in [5.74, 6) is 0.499. The van der Waals surface area contributed by atoms with Gasteiger partial charge in [0.1, 0.15) is 5.75 Å². The zero-order chi connectivity index (χ0) is 21.2. The van der Waals surface area contributed by atoms with Crippen molar-refractivity contribution in [2.75, 3.05) is 29.1 Å². The molecule has 0 saturated heterocycles. The molecule has 0 saturated carbocycles. The molecule has 7 heteroatoms. The number of hydrogen-bond acceptors (Lipinski definition) is 5. The quantitative estimate of drug-likeness (QED) is 0.421. The molecular formula is C23H25N3O4. The molecule has 2 amide bonds. The summed E-state index contributed by atoms with van der Waals surface area (Å²) in [7, 11) is 0. The number of carbonyl (C=O) groups excluding carboxylic acids is 2. The zero-order valence-corrected chi connectivity index (χ0v) is 16.8. The lowest BCUT2D eigenvalue weighted by atomic mass is 10.2. The van der Waals surface area contributed by atoms with Crippen molar-refractivity contribution in [3.8, 4) is 5.75 Å². The van der Waals surface area contributed by atoms with E-state index in [2.05, 4.69) is 22.9 Å². The van der Waals surface area contributed by atoms with Gasteiger partial charge in [-0.1, -0.05) is 19.4 Å². The Hall–Kier alpha value is -3.74. The van der Waals surface area contributed by atoms with Crippen molar-refractivity contribution in [2.45, 2.75) is 19.8 Å². The van der Waals surface area contributed by atoms with Crippen molar-refractivity contribution in [3.05, 3.63) is 72.7 Å². The van der Waals surface area contributed by atoms with Gasteiger partial charge in [-0.05, 0) is 61.0 Å². The lowest BCUT2D eigenvalue weighted by molar-refractivity contribution is -0.114. The molecule has 30 heavy (non-hydrogen) atoms. The van der Waals surface area contributed by atoms with E-state index < -0.39 is 0 Å². The summed E-state index contributed by atoms with van der Waals surface area (Å²) in [6, 6.07) is 17.6. The highest BCUT2D eigenvalue weighted by Crippen LogP contribution is 2.18. The Balaban J connectivity index is 1.47. The zero-order valence-electron chi connectivity index (χ0n) is 16.8. The summed E-state index contributed by atoms with van der Waals surface area (Å²) in [4.78, 5) is 24.3. The molecule has 0 aliphatic carbocycles. The van der Waals surface area contributed by atoms with Crippen LogP contribution in [0.2, 0.25) is 0 Å². The minimum absolute atomic E-state index is 0.0876. The topological polar surface area (TPSA) is 92.6 Å². The predicted octanol–water partition coefficient (Wildman–Crippen LogP) is 4.76. The maximum atomic E-state index is 12.2. The molecule has 156 valence electrons. The minimum Gasteiger partial charge on any atom is -0.494 e. The molecule has 7 nitrogen and oxygen atoms in total. The van der Waals surface area contributed by atoms with E-state index >= 15 is 0 Å². The minimum atomic E-state index is -0.336. The number of anilines is 3. The van der Waals surface area contributed by atoms with E-state index in [0.717, 1.165) is 18.6 Å². The summed E-state index contributed by atoms with van der Waals surface area (Å²) < 4.78 is 10.7. The summed E-state index contributed by atoms with van der Waals surface area (Å²) >= 11 is 0. The molecular weight excluding hydrogens is 382 g/mol. The van der Waals surface area contributed by atoms with Gasteiger partial charge in [-0.3, -0.25) is 9.59 Å². The van der Waals surface area contributed by atoms with Crippen LogP contribution in [0.1, 0.15) is 30.3 Å². The monoisotopic (exact) mass is 407 g/mol. The molecule has 0 bridgehead atoms. The Morgan fingerprint density at radius 1 is 0.933 bits per heavy atom. The first-order valence-corrected chi connectivity index (χ1v) is 9.85. The van der Waals surface area contributed by atoms with Crippen LogP contribution in [0.4, 0.5) is 17.1 Å². The molecule has 0 aliphatic heterocycles. The van der Waals surface area contributed by atoms with Crippen LogP contribution in [0.15, 0.2) is 71.3 Å². The standard InChI is InChI=1S/C23H25N3O4/c1-2-3-13-29-20-11-9-17(10-12-20)25-22(27)16-24-18-6-4-7-19(15-18)26-23(28)21-8-5-14-30-21/h4-12,14-15,24H,2-3,13,16H2,1H3,(H,25,27)(H,26,28). The van der Waals surface area contributed by atoms with E-state index in [0.29, 0.717) is 23.7 Å². The van der Waals surface area contributed by atoms with Crippen LogP contribution in [0.5, 0.6) is 5.75 Å². The first kappa shape index (κ1) is 21.0. The van der Waals surface area contributed by atoms with E-state index in [1.165, 1.54) is 6.26 Å². The first-order valence-electron chi connectivity index (χ1n) is 9.85. The predicted molar refractivity (Wildman–Crippen MR) is 117 cm³/mol. The number of carbonyl (C=O) groups is 2. The van der Waals surface area contributed by atoms with Crippen molar-refractivity contribution in [1.82, 2.24) is 0 Å².